The standard InChI is InChI=1S/C14H15N3O/c1-3-12-8-13(17(2)16-12)10-18-14-6-4-11(9-15)5-7-14/h4-8H,3,10H2,1-2H3. The Morgan fingerprint density at radius 2 is 2.06 bits per heavy atom. The Kier molecular flexibility index (Phi) is 3.63. The van der Waals surface area contributed by atoms with Gasteiger partial charge >= 0.3 is 0 Å². The zero-order valence-electron chi connectivity index (χ0n) is 10.6. The van der Waals surface area contributed by atoms with Crippen LogP contribution in [0.4, 0.5) is 0 Å². The summed E-state index contributed by atoms with van der Waals surface area (Å²) in [6, 6.07) is 11.2. The van der Waals surface area contributed by atoms with Gasteiger partial charge in [-0.15, -0.1) is 0 Å². The Morgan fingerprint density at radius 1 is 1.33 bits per heavy atom. The van der Waals surface area contributed by atoms with Crippen LogP contribution in [0.5, 0.6) is 5.75 Å². The summed E-state index contributed by atoms with van der Waals surface area (Å²) in [7, 11) is 1.91. The summed E-state index contributed by atoms with van der Waals surface area (Å²) in [5, 5.41) is 13.1. The highest BCUT2D eigenvalue weighted by Crippen LogP contribution is 2.14. The normalized spacial score (nSPS) is 10.1. The van der Waals surface area contributed by atoms with Gasteiger partial charge in [-0.1, -0.05) is 6.92 Å². The van der Waals surface area contributed by atoms with Gasteiger partial charge in [-0.05, 0) is 36.8 Å². The summed E-state index contributed by atoms with van der Waals surface area (Å²) in [5.74, 6) is 0.758. The summed E-state index contributed by atoms with van der Waals surface area (Å²) in [6.07, 6.45) is 0.921. The second-order valence-electron chi connectivity index (χ2n) is 4.03. The molecule has 0 aliphatic carbocycles. The third-order valence-corrected chi connectivity index (χ3v) is 2.76. The highest BCUT2D eigenvalue weighted by molar-refractivity contribution is 5.34. The molecule has 4 nitrogen and oxygen atoms in total. The Morgan fingerprint density at radius 3 is 2.61 bits per heavy atom. The minimum absolute atomic E-state index is 0.482. The molecule has 4 heteroatoms. The summed E-state index contributed by atoms with van der Waals surface area (Å²) < 4.78 is 7.50. The van der Waals surface area contributed by atoms with Crippen molar-refractivity contribution in [3.05, 3.63) is 47.3 Å². The molecule has 0 unspecified atom stereocenters. The molecule has 0 bridgehead atoms. The van der Waals surface area contributed by atoms with Gasteiger partial charge in [-0.25, -0.2) is 0 Å². The molecule has 1 aromatic heterocycles. The summed E-state index contributed by atoms with van der Waals surface area (Å²) in [5.41, 5.74) is 2.74. The molecule has 92 valence electrons. The van der Waals surface area contributed by atoms with E-state index in [9.17, 15) is 0 Å². The average molecular weight is 241 g/mol. The van der Waals surface area contributed by atoms with Crippen molar-refractivity contribution in [1.82, 2.24) is 9.78 Å². The molecular formula is C14H15N3O. The number of ether oxygens (including phenoxy) is 1. The lowest BCUT2D eigenvalue weighted by Gasteiger charge is -2.05. The number of nitriles is 1. The molecule has 18 heavy (non-hydrogen) atoms. The van der Waals surface area contributed by atoms with Crippen LogP contribution in [0.2, 0.25) is 0 Å². The minimum Gasteiger partial charge on any atom is -0.487 e. The van der Waals surface area contributed by atoms with Crippen LogP contribution in [-0.2, 0) is 20.1 Å². The van der Waals surface area contributed by atoms with E-state index in [0.29, 0.717) is 12.2 Å². The van der Waals surface area contributed by atoms with Crippen molar-refractivity contribution in [3.63, 3.8) is 0 Å². The van der Waals surface area contributed by atoms with Gasteiger partial charge in [-0.2, -0.15) is 10.4 Å². The van der Waals surface area contributed by atoms with Crippen LogP contribution >= 0.6 is 0 Å². The van der Waals surface area contributed by atoms with E-state index < -0.39 is 0 Å². The van der Waals surface area contributed by atoms with Gasteiger partial charge in [-0.3, -0.25) is 4.68 Å². The molecule has 0 fully saturated rings. The van der Waals surface area contributed by atoms with E-state index in [2.05, 4.69) is 18.1 Å². The highest BCUT2D eigenvalue weighted by Gasteiger charge is 2.04. The quantitative estimate of drug-likeness (QED) is 0.826. The fourth-order valence-corrected chi connectivity index (χ4v) is 1.66. The van der Waals surface area contributed by atoms with Crippen molar-refractivity contribution >= 4 is 0 Å². The second kappa shape index (κ2) is 5.37. The van der Waals surface area contributed by atoms with Gasteiger partial charge in [0.25, 0.3) is 0 Å². The first-order valence-corrected chi connectivity index (χ1v) is 5.87. The van der Waals surface area contributed by atoms with E-state index in [1.54, 1.807) is 24.3 Å². The first-order chi connectivity index (χ1) is 8.72. The molecule has 0 saturated carbocycles. The van der Waals surface area contributed by atoms with E-state index in [4.69, 9.17) is 10.00 Å². The first-order valence-electron chi connectivity index (χ1n) is 5.87. The third kappa shape index (κ3) is 2.69. The molecule has 0 aliphatic rings. The SMILES string of the molecule is CCc1cc(COc2ccc(C#N)cc2)n(C)n1. The molecule has 0 spiro atoms. The van der Waals surface area contributed by atoms with Crippen molar-refractivity contribution in [2.75, 3.05) is 0 Å². The molecule has 0 atom stereocenters. The molecular weight excluding hydrogens is 226 g/mol. The summed E-state index contributed by atoms with van der Waals surface area (Å²) in [6.45, 7) is 2.56. The fourth-order valence-electron chi connectivity index (χ4n) is 1.66. The Bertz CT molecular complexity index is 564. The topological polar surface area (TPSA) is 50.8 Å². The van der Waals surface area contributed by atoms with Crippen LogP contribution in [0.25, 0.3) is 0 Å². The first kappa shape index (κ1) is 12.2. The lowest BCUT2D eigenvalue weighted by molar-refractivity contribution is 0.295. The number of aromatic nitrogens is 2. The van der Waals surface area contributed by atoms with Crippen molar-refractivity contribution in [1.29, 1.82) is 5.26 Å². The molecule has 0 aliphatic heterocycles. The van der Waals surface area contributed by atoms with Gasteiger partial charge in [0.05, 0.1) is 23.0 Å². The average Bonchev–Trinajstić information content (AvgIpc) is 2.77. The van der Waals surface area contributed by atoms with Gasteiger partial charge in [0.15, 0.2) is 0 Å². The highest BCUT2D eigenvalue weighted by atomic mass is 16.5. The van der Waals surface area contributed by atoms with Crippen molar-refractivity contribution in [3.8, 4) is 11.8 Å². The number of rotatable bonds is 4. The van der Waals surface area contributed by atoms with Crippen LogP contribution < -0.4 is 4.74 Å². The van der Waals surface area contributed by atoms with Crippen LogP contribution in [0.15, 0.2) is 30.3 Å². The van der Waals surface area contributed by atoms with Gasteiger partial charge < -0.3 is 4.74 Å². The second-order valence-corrected chi connectivity index (χ2v) is 4.03. The van der Waals surface area contributed by atoms with E-state index in [-0.39, 0.29) is 0 Å². The Hall–Kier alpha value is -2.28. The van der Waals surface area contributed by atoms with Crippen molar-refractivity contribution < 1.29 is 4.74 Å². The molecule has 0 radical (unpaired) electrons. The maximum absolute atomic E-state index is 8.70. The largest absolute Gasteiger partial charge is 0.487 e. The van der Waals surface area contributed by atoms with Gasteiger partial charge in [0.2, 0.25) is 0 Å². The van der Waals surface area contributed by atoms with Gasteiger partial charge in [0, 0.05) is 7.05 Å². The number of nitrogens with zero attached hydrogens (tertiary/aromatic N) is 3. The monoisotopic (exact) mass is 241 g/mol. The molecule has 0 N–H and O–H groups in total. The zero-order chi connectivity index (χ0) is 13.0. The predicted octanol–water partition coefficient (Wildman–Crippen LogP) is 2.43. The van der Waals surface area contributed by atoms with Crippen molar-refractivity contribution in [2.24, 2.45) is 7.05 Å². The fraction of sp³-hybridized carbons (Fsp3) is 0.286. The van der Waals surface area contributed by atoms with E-state index >= 15 is 0 Å². The lowest BCUT2D eigenvalue weighted by atomic mass is 10.2. The van der Waals surface area contributed by atoms with E-state index in [0.717, 1.165) is 23.6 Å². The smallest absolute Gasteiger partial charge is 0.130 e. The molecule has 2 rings (SSSR count). The van der Waals surface area contributed by atoms with Crippen LogP contribution in [-0.4, -0.2) is 9.78 Å². The Balaban J connectivity index is 2.02. The van der Waals surface area contributed by atoms with E-state index in [1.165, 1.54) is 0 Å². The molecule has 1 heterocycles. The molecule has 2 aromatic rings. The maximum atomic E-state index is 8.70. The molecule has 1 aromatic carbocycles. The number of hydrogen-bond acceptors (Lipinski definition) is 3. The third-order valence-electron chi connectivity index (χ3n) is 2.76. The van der Waals surface area contributed by atoms with Crippen LogP contribution in [0.3, 0.4) is 0 Å². The van der Waals surface area contributed by atoms with Crippen LogP contribution in [0.1, 0.15) is 23.9 Å². The zero-order valence-corrected chi connectivity index (χ0v) is 10.6. The van der Waals surface area contributed by atoms with Crippen molar-refractivity contribution in [2.45, 2.75) is 20.0 Å². The van der Waals surface area contributed by atoms with E-state index in [1.807, 2.05) is 17.8 Å². The maximum Gasteiger partial charge on any atom is 0.130 e. The summed E-state index contributed by atoms with van der Waals surface area (Å²) in [4.78, 5) is 0. The Labute approximate surface area is 106 Å². The predicted molar refractivity (Wildman–Crippen MR) is 68.1 cm³/mol. The number of aryl methyl sites for hydroxylation is 2. The minimum atomic E-state index is 0.482. The number of benzene rings is 1. The van der Waals surface area contributed by atoms with Crippen LogP contribution in [0, 0.1) is 11.3 Å². The number of hydrogen-bond donors (Lipinski definition) is 0. The van der Waals surface area contributed by atoms with Gasteiger partial charge in [0.1, 0.15) is 12.4 Å². The molecule has 0 amide bonds. The lowest BCUT2D eigenvalue weighted by Crippen LogP contribution is -2.02. The summed E-state index contributed by atoms with van der Waals surface area (Å²) >= 11 is 0. The molecule has 0 saturated heterocycles.